The van der Waals surface area contributed by atoms with Gasteiger partial charge in [-0.25, -0.2) is 0 Å². The Morgan fingerprint density at radius 1 is 1.05 bits per heavy atom. The summed E-state index contributed by atoms with van der Waals surface area (Å²) in [5.41, 5.74) is -0.127. The third-order valence-corrected chi connectivity index (χ3v) is 3.09. The van der Waals surface area contributed by atoms with Crippen LogP contribution in [-0.2, 0) is 16.0 Å². The summed E-state index contributed by atoms with van der Waals surface area (Å²) in [5, 5.41) is 27.3. The summed E-state index contributed by atoms with van der Waals surface area (Å²) in [5.74, 6) is -0.367. The van der Waals surface area contributed by atoms with Crippen LogP contribution in [0.3, 0.4) is 0 Å². The molecular formula is C14H20O5. The van der Waals surface area contributed by atoms with E-state index in [4.69, 9.17) is 20.1 Å². The number of hydrogen-bond donors (Lipinski definition) is 3. The number of aliphatic hydroxyl groups is 3. The van der Waals surface area contributed by atoms with Crippen molar-refractivity contribution in [1.82, 2.24) is 0 Å². The van der Waals surface area contributed by atoms with Gasteiger partial charge < -0.3 is 20.1 Å². The Kier molecular flexibility index (Phi) is 6.49. The van der Waals surface area contributed by atoms with Crippen molar-refractivity contribution in [2.45, 2.75) is 12.8 Å². The van der Waals surface area contributed by atoms with Gasteiger partial charge in [-0.2, -0.15) is 0 Å². The van der Waals surface area contributed by atoms with E-state index in [2.05, 4.69) is 0 Å². The normalized spacial score (nSPS) is 11.3. The zero-order valence-corrected chi connectivity index (χ0v) is 10.8. The van der Waals surface area contributed by atoms with Gasteiger partial charge >= 0.3 is 5.97 Å². The molecule has 19 heavy (non-hydrogen) atoms. The molecule has 0 bridgehead atoms. The average molecular weight is 268 g/mol. The van der Waals surface area contributed by atoms with Crippen molar-refractivity contribution in [2.75, 3.05) is 26.4 Å². The van der Waals surface area contributed by atoms with E-state index in [1.165, 1.54) is 0 Å². The molecular weight excluding hydrogens is 248 g/mol. The average Bonchev–Trinajstić information content (AvgIpc) is 2.45. The van der Waals surface area contributed by atoms with Crippen molar-refractivity contribution < 1.29 is 24.9 Å². The molecule has 0 heterocycles. The van der Waals surface area contributed by atoms with Crippen molar-refractivity contribution in [3.05, 3.63) is 35.9 Å². The van der Waals surface area contributed by atoms with Gasteiger partial charge in [0.1, 0.15) is 0 Å². The van der Waals surface area contributed by atoms with Gasteiger partial charge in [0.05, 0.1) is 32.8 Å². The van der Waals surface area contributed by atoms with Crippen molar-refractivity contribution >= 4 is 5.97 Å². The largest absolute Gasteiger partial charge is 0.465 e. The molecule has 0 atom stereocenters. The summed E-state index contributed by atoms with van der Waals surface area (Å²) >= 11 is 0. The van der Waals surface area contributed by atoms with Gasteiger partial charge in [0.2, 0.25) is 0 Å². The predicted molar refractivity (Wildman–Crippen MR) is 69.4 cm³/mol. The molecule has 0 fully saturated rings. The Bertz CT molecular complexity index is 364. The minimum Gasteiger partial charge on any atom is -0.465 e. The molecule has 1 aromatic rings. The second-order valence-corrected chi connectivity index (χ2v) is 4.61. The van der Waals surface area contributed by atoms with Crippen LogP contribution in [0.4, 0.5) is 0 Å². The molecule has 3 N–H and O–H groups in total. The van der Waals surface area contributed by atoms with Crippen LogP contribution < -0.4 is 0 Å². The maximum absolute atomic E-state index is 11.6. The topological polar surface area (TPSA) is 87.0 Å². The maximum Gasteiger partial charge on any atom is 0.310 e. The predicted octanol–water partition coefficient (Wildman–Crippen LogP) is 0.126. The fourth-order valence-electron chi connectivity index (χ4n) is 1.58. The van der Waals surface area contributed by atoms with Crippen molar-refractivity contribution in [1.29, 1.82) is 0 Å². The molecule has 1 rings (SSSR count). The van der Waals surface area contributed by atoms with E-state index in [1.54, 1.807) is 0 Å². The Hall–Kier alpha value is -1.43. The first-order valence-electron chi connectivity index (χ1n) is 6.18. The minimum atomic E-state index is -0.993. The van der Waals surface area contributed by atoms with Crippen LogP contribution >= 0.6 is 0 Å². The molecule has 0 radical (unpaired) electrons. The highest BCUT2D eigenvalue weighted by Crippen LogP contribution is 2.19. The molecule has 1 aromatic carbocycles. The van der Waals surface area contributed by atoms with Gasteiger partial charge in [0.15, 0.2) is 0 Å². The fourth-order valence-corrected chi connectivity index (χ4v) is 1.58. The SMILES string of the molecule is O=C(Cc1ccccc1)OCCC(CO)(CO)CO. The second-order valence-electron chi connectivity index (χ2n) is 4.61. The highest BCUT2D eigenvalue weighted by atomic mass is 16.5. The number of rotatable bonds is 8. The lowest BCUT2D eigenvalue weighted by Gasteiger charge is -2.26. The first kappa shape index (κ1) is 15.6. The van der Waals surface area contributed by atoms with Crippen molar-refractivity contribution in [2.24, 2.45) is 5.41 Å². The van der Waals surface area contributed by atoms with Crippen LogP contribution in [0.1, 0.15) is 12.0 Å². The van der Waals surface area contributed by atoms with Gasteiger partial charge in [0.25, 0.3) is 0 Å². The lowest BCUT2D eigenvalue weighted by atomic mass is 9.88. The molecule has 0 aliphatic carbocycles. The van der Waals surface area contributed by atoms with E-state index in [-0.39, 0.29) is 45.2 Å². The Morgan fingerprint density at radius 2 is 1.63 bits per heavy atom. The smallest absolute Gasteiger partial charge is 0.310 e. The third-order valence-electron chi connectivity index (χ3n) is 3.09. The molecule has 0 saturated heterocycles. The van der Waals surface area contributed by atoms with E-state index in [1.807, 2.05) is 30.3 Å². The molecule has 0 saturated carbocycles. The Balaban J connectivity index is 2.35. The molecule has 106 valence electrons. The first-order chi connectivity index (χ1) is 9.15. The van der Waals surface area contributed by atoms with Crippen LogP contribution in [0.2, 0.25) is 0 Å². The zero-order chi connectivity index (χ0) is 14.1. The van der Waals surface area contributed by atoms with E-state index in [9.17, 15) is 4.79 Å². The number of esters is 1. The van der Waals surface area contributed by atoms with Gasteiger partial charge in [0, 0.05) is 5.41 Å². The number of aliphatic hydroxyl groups excluding tert-OH is 3. The molecule has 0 spiro atoms. The summed E-state index contributed by atoms with van der Waals surface area (Å²) < 4.78 is 5.03. The number of carbonyl (C=O) groups is 1. The fraction of sp³-hybridized carbons (Fsp3) is 0.500. The van der Waals surface area contributed by atoms with E-state index in [0.717, 1.165) is 5.56 Å². The molecule has 0 aliphatic rings. The monoisotopic (exact) mass is 268 g/mol. The number of hydrogen-bond acceptors (Lipinski definition) is 5. The van der Waals surface area contributed by atoms with E-state index in [0.29, 0.717) is 0 Å². The van der Waals surface area contributed by atoms with Gasteiger partial charge in [-0.15, -0.1) is 0 Å². The van der Waals surface area contributed by atoms with E-state index < -0.39 is 5.41 Å². The molecule has 0 aromatic heterocycles. The van der Waals surface area contributed by atoms with Crippen LogP contribution in [0.15, 0.2) is 30.3 Å². The molecule has 0 amide bonds. The summed E-state index contributed by atoms with van der Waals surface area (Å²) in [6.45, 7) is -0.990. The third kappa shape index (κ3) is 4.98. The van der Waals surface area contributed by atoms with Crippen LogP contribution in [-0.4, -0.2) is 47.7 Å². The number of benzene rings is 1. The Morgan fingerprint density at radius 3 is 2.16 bits per heavy atom. The lowest BCUT2D eigenvalue weighted by molar-refractivity contribution is -0.144. The van der Waals surface area contributed by atoms with Crippen molar-refractivity contribution in [3.63, 3.8) is 0 Å². The zero-order valence-electron chi connectivity index (χ0n) is 10.8. The maximum atomic E-state index is 11.6. The lowest BCUT2D eigenvalue weighted by Crippen LogP contribution is -2.35. The molecule has 0 aliphatic heterocycles. The number of ether oxygens (including phenoxy) is 1. The highest BCUT2D eigenvalue weighted by molar-refractivity contribution is 5.72. The molecule has 5 nitrogen and oxygen atoms in total. The summed E-state index contributed by atoms with van der Waals surface area (Å²) in [7, 11) is 0. The van der Waals surface area contributed by atoms with Crippen LogP contribution in [0.25, 0.3) is 0 Å². The van der Waals surface area contributed by atoms with Crippen molar-refractivity contribution in [3.8, 4) is 0 Å². The van der Waals surface area contributed by atoms with Gasteiger partial charge in [-0.3, -0.25) is 4.79 Å². The minimum absolute atomic E-state index is 0.0628. The summed E-state index contributed by atoms with van der Waals surface area (Å²) in [4.78, 5) is 11.6. The highest BCUT2D eigenvalue weighted by Gasteiger charge is 2.28. The summed E-state index contributed by atoms with van der Waals surface area (Å²) in [6, 6.07) is 9.22. The Labute approximate surface area is 112 Å². The van der Waals surface area contributed by atoms with Gasteiger partial charge in [-0.1, -0.05) is 30.3 Å². The van der Waals surface area contributed by atoms with E-state index >= 15 is 0 Å². The van der Waals surface area contributed by atoms with Gasteiger partial charge in [-0.05, 0) is 12.0 Å². The standard InChI is InChI=1S/C14H20O5/c15-9-14(10-16,11-17)6-7-19-13(18)8-12-4-2-1-3-5-12/h1-5,15-17H,6-11H2. The first-order valence-corrected chi connectivity index (χ1v) is 6.18. The molecule has 5 heteroatoms. The van der Waals surface area contributed by atoms with Crippen LogP contribution in [0, 0.1) is 5.41 Å². The van der Waals surface area contributed by atoms with Crippen LogP contribution in [0.5, 0.6) is 0 Å². The number of carbonyl (C=O) groups excluding carboxylic acids is 1. The second kappa shape index (κ2) is 7.89. The summed E-state index contributed by atoms with van der Waals surface area (Å²) in [6.07, 6.45) is 0.405. The quantitative estimate of drug-likeness (QED) is 0.583. The molecule has 0 unspecified atom stereocenters.